The molecule has 2 nitrogen and oxygen atoms in total. The molecule has 1 aliphatic heterocycles. The highest BCUT2D eigenvalue weighted by molar-refractivity contribution is 6.42. The zero-order chi connectivity index (χ0) is 12.4. The first-order chi connectivity index (χ1) is 8.09. The molecule has 1 heterocycles. The molecule has 2 atom stereocenters. The van der Waals surface area contributed by atoms with Crippen molar-refractivity contribution in [3.05, 3.63) is 33.8 Å². The molecule has 0 aliphatic carbocycles. The van der Waals surface area contributed by atoms with E-state index in [0.29, 0.717) is 21.5 Å². The number of ketones is 1. The van der Waals surface area contributed by atoms with Crippen molar-refractivity contribution in [3.8, 4) is 0 Å². The third-order valence-corrected chi connectivity index (χ3v) is 4.07. The van der Waals surface area contributed by atoms with Crippen molar-refractivity contribution >= 4 is 29.0 Å². The predicted octanol–water partition coefficient (Wildman–Crippen LogP) is 3.42. The molecular weight excluding hydrogens is 257 g/mol. The second-order valence-corrected chi connectivity index (χ2v) is 5.38. The Kier molecular flexibility index (Phi) is 4.08. The van der Waals surface area contributed by atoms with Crippen LogP contribution in [0.25, 0.3) is 0 Å². The lowest BCUT2D eigenvalue weighted by molar-refractivity contribution is 0.0848. The maximum Gasteiger partial charge on any atom is 0.166 e. The van der Waals surface area contributed by atoms with Crippen LogP contribution in [0.4, 0.5) is 0 Å². The molecule has 1 aromatic rings. The molecule has 4 heteroatoms. The van der Waals surface area contributed by atoms with Crippen molar-refractivity contribution in [2.45, 2.75) is 13.3 Å². The van der Waals surface area contributed by atoms with Crippen LogP contribution in [-0.2, 0) is 0 Å². The second kappa shape index (κ2) is 5.38. The molecule has 0 bridgehead atoms. The first-order valence-electron chi connectivity index (χ1n) is 5.79. The highest BCUT2D eigenvalue weighted by Gasteiger charge is 2.28. The average molecular weight is 272 g/mol. The van der Waals surface area contributed by atoms with Gasteiger partial charge in [-0.15, -0.1) is 0 Å². The van der Waals surface area contributed by atoms with Crippen molar-refractivity contribution in [2.75, 3.05) is 13.1 Å². The van der Waals surface area contributed by atoms with Crippen LogP contribution in [-0.4, -0.2) is 18.9 Å². The van der Waals surface area contributed by atoms with E-state index in [4.69, 9.17) is 23.2 Å². The number of piperidine rings is 1. The summed E-state index contributed by atoms with van der Waals surface area (Å²) >= 11 is 11.8. The van der Waals surface area contributed by atoms with Gasteiger partial charge in [0.1, 0.15) is 0 Å². The normalized spacial score (nSPS) is 24.6. The molecular formula is C13H15Cl2NO. The molecule has 0 spiro atoms. The van der Waals surface area contributed by atoms with Crippen LogP contribution in [0.15, 0.2) is 18.2 Å². The molecule has 1 aromatic carbocycles. The fourth-order valence-corrected chi connectivity index (χ4v) is 2.57. The molecule has 2 rings (SSSR count). The van der Waals surface area contributed by atoms with Gasteiger partial charge in [-0.3, -0.25) is 4.79 Å². The van der Waals surface area contributed by atoms with Crippen molar-refractivity contribution in [3.63, 3.8) is 0 Å². The Morgan fingerprint density at radius 1 is 1.35 bits per heavy atom. The van der Waals surface area contributed by atoms with Crippen LogP contribution in [0.5, 0.6) is 0 Å². The molecule has 0 amide bonds. The fraction of sp³-hybridized carbons (Fsp3) is 0.462. The maximum absolute atomic E-state index is 12.3. The van der Waals surface area contributed by atoms with Gasteiger partial charge >= 0.3 is 0 Å². The van der Waals surface area contributed by atoms with Gasteiger partial charge in [0.2, 0.25) is 0 Å². The minimum Gasteiger partial charge on any atom is -0.316 e. The van der Waals surface area contributed by atoms with Gasteiger partial charge in [-0.1, -0.05) is 30.1 Å². The zero-order valence-electron chi connectivity index (χ0n) is 9.67. The van der Waals surface area contributed by atoms with Crippen molar-refractivity contribution in [2.24, 2.45) is 11.8 Å². The molecule has 1 N–H and O–H groups in total. The number of rotatable bonds is 2. The van der Waals surface area contributed by atoms with Crippen molar-refractivity contribution in [1.82, 2.24) is 5.32 Å². The lowest BCUT2D eigenvalue weighted by atomic mass is 9.82. The second-order valence-electron chi connectivity index (χ2n) is 4.57. The van der Waals surface area contributed by atoms with Gasteiger partial charge in [0.15, 0.2) is 5.78 Å². The summed E-state index contributed by atoms with van der Waals surface area (Å²) in [6.07, 6.45) is 0.889. The quantitative estimate of drug-likeness (QED) is 0.836. The summed E-state index contributed by atoms with van der Waals surface area (Å²) in [6, 6.07) is 5.11. The number of hydrogen-bond acceptors (Lipinski definition) is 2. The van der Waals surface area contributed by atoms with Crippen LogP contribution >= 0.6 is 23.2 Å². The van der Waals surface area contributed by atoms with E-state index in [1.165, 1.54) is 0 Å². The summed E-state index contributed by atoms with van der Waals surface area (Å²) in [7, 11) is 0. The smallest absolute Gasteiger partial charge is 0.166 e. The molecule has 0 saturated carbocycles. The summed E-state index contributed by atoms with van der Waals surface area (Å²) in [5.74, 6) is 0.636. The molecule has 0 radical (unpaired) electrons. The Bertz CT molecular complexity index is 433. The Balaban J connectivity index is 2.21. The largest absolute Gasteiger partial charge is 0.316 e. The molecule has 1 fully saturated rings. The average Bonchev–Trinajstić information content (AvgIpc) is 2.32. The van der Waals surface area contributed by atoms with Gasteiger partial charge in [0.05, 0.1) is 10.0 Å². The lowest BCUT2D eigenvalue weighted by Gasteiger charge is -2.28. The summed E-state index contributed by atoms with van der Waals surface area (Å²) < 4.78 is 0. The number of carbonyl (C=O) groups excluding carboxylic acids is 1. The van der Waals surface area contributed by atoms with E-state index >= 15 is 0 Å². The Hall–Kier alpha value is -0.570. The van der Waals surface area contributed by atoms with E-state index in [-0.39, 0.29) is 11.7 Å². The molecule has 1 saturated heterocycles. The van der Waals surface area contributed by atoms with Crippen molar-refractivity contribution in [1.29, 1.82) is 0 Å². The molecule has 1 aliphatic rings. The summed E-state index contributed by atoms with van der Waals surface area (Å²) in [5.41, 5.74) is 0.665. The standard InChI is InChI=1S/C13H15Cl2NO/c1-8-7-16-5-4-10(8)13(17)9-2-3-11(14)12(15)6-9/h2-3,6,8,10,16H,4-5,7H2,1H3/t8-,10-/m1/s1. The number of benzene rings is 1. The Morgan fingerprint density at radius 2 is 2.12 bits per heavy atom. The topological polar surface area (TPSA) is 29.1 Å². The van der Waals surface area contributed by atoms with Crippen LogP contribution in [0, 0.1) is 11.8 Å². The lowest BCUT2D eigenvalue weighted by Crippen LogP contribution is -2.38. The van der Waals surface area contributed by atoms with Crippen LogP contribution in [0.3, 0.4) is 0 Å². The van der Waals surface area contributed by atoms with Gasteiger partial charge in [0.25, 0.3) is 0 Å². The molecule has 92 valence electrons. The highest BCUT2D eigenvalue weighted by Crippen LogP contribution is 2.27. The third kappa shape index (κ3) is 2.82. The van der Waals surface area contributed by atoms with Gasteiger partial charge in [-0.2, -0.15) is 0 Å². The molecule has 0 aromatic heterocycles. The van der Waals surface area contributed by atoms with Gasteiger partial charge in [-0.25, -0.2) is 0 Å². The number of carbonyl (C=O) groups is 1. The first kappa shape index (κ1) is 12.9. The maximum atomic E-state index is 12.3. The van der Waals surface area contributed by atoms with E-state index in [1.807, 2.05) is 0 Å². The van der Waals surface area contributed by atoms with E-state index in [2.05, 4.69) is 12.2 Å². The molecule has 0 unspecified atom stereocenters. The number of Topliss-reactive ketones (excluding diaryl/α,β-unsaturated/α-hetero) is 1. The fourth-order valence-electron chi connectivity index (χ4n) is 2.27. The van der Waals surface area contributed by atoms with Gasteiger partial charge < -0.3 is 5.32 Å². The monoisotopic (exact) mass is 271 g/mol. The number of halogens is 2. The van der Waals surface area contributed by atoms with Gasteiger partial charge in [-0.05, 0) is 43.6 Å². The predicted molar refractivity (Wildman–Crippen MR) is 70.9 cm³/mol. The van der Waals surface area contributed by atoms with Gasteiger partial charge in [0, 0.05) is 11.5 Å². The summed E-state index contributed by atoms with van der Waals surface area (Å²) in [4.78, 5) is 12.3. The van der Waals surface area contributed by atoms with E-state index in [9.17, 15) is 4.79 Å². The van der Waals surface area contributed by atoms with E-state index in [0.717, 1.165) is 19.5 Å². The Labute approximate surface area is 111 Å². The van der Waals surface area contributed by atoms with Crippen LogP contribution in [0.2, 0.25) is 10.0 Å². The summed E-state index contributed by atoms with van der Waals surface area (Å²) in [6.45, 7) is 3.91. The SMILES string of the molecule is C[C@@H]1CNCC[C@H]1C(=O)c1ccc(Cl)c(Cl)c1. The first-order valence-corrected chi connectivity index (χ1v) is 6.55. The minimum absolute atomic E-state index is 0.0912. The van der Waals surface area contributed by atoms with Crippen LogP contribution < -0.4 is 5.32 Å². The zero-order valence-corrected chi connectivity index (χ0v) is 11.2. The Morgan fingerprint density at radius 3 is 2.76 bits per heavy atom. The minimum atomic E-state index is 0.0912. The van der Waals surface area contributed by atoms with E-state index < -0.39 is 0 Å². The summed E-state index contributed by atoms with van der Waals surface area (Å²) in [5, 5.41) is 4.22. The number of hydrogen-bond donors (Lipinski definition) is 1. The molecule has 17 heavy (non-hydrogen) atoms. The highest BCUT2D eigenvalue weighted by atomic mass is 35.5. The van der Waals surface area contributed by atoms with Crippen molar-refractivity contribution < 1.29 is 4.79 Å². The van der Waals surface area contributed by atoms with E-state index in [1.54, 1.807) is 18.2 Å². The third-order valence-electron chi connectivity index (χ3n) is 3.33. The number of nitrogens with one attached hydrogen (secondary N) is 1. The van der Waals surface area contributed by atoms with Crippen LogP contribution in [0.1, 0.15) is 23.7 Å².